The molecule has 2 heterocycles. The molecule has 5 nitrogen and oxygen atoms in total. The van der Waals surface area contributed by atoms with Crippen molar-refractivity contribution in [1.29, 1.82) is 0 Å². The fourth-order valence-electron chi connectivity index (χ4n) is 2.87. The third kappa shape index (κ3) is 3.33. The molecule has 0 spiro atoms. The van der Waals surface area contributed by atoms with E-state index in [4.69, 9.17) is 0 Å². The van der Waals surface area contributed by atoms with Crippen LogP contribution in [0.25, 0.3) is 20.7 Å². The molecule has 152 valence electrons. The Kier molecular flexibility index (Phi) is 5.04. The Morgan fingerprint density at radius 2 is 1.87 bits per heavy atom. The summed E-state index contributed by atoms with van der Waals surface area (Å²) in [4.78, 5) is 28.3. The number of aromatic nitrogens is 1. The van der Waals surface area contributed by atoms with E-state index in [0.29, 0.717) is 4.70 Å². The first kappa shape index (κ1) is 20.0. The average molecular weight is 448 g/mol. The van der Waals surface area contributed by atoms with Crippen molar-refractivity contribution in [3.05, 3.63) is 69.3 Å². The number of hydrogen-bond acceptors (Lipinski definition) is 5. The molecule has 0 unspecified atom stereocenters. The maximum atomic E-state index is 14.4. The van der Waals surface area contributed by atoms with Gasteiger partial charge in [-0.15, -0.1) is 22.7 Å². The molecule has 0 fully saturated rings. The highest BCUT2D eigenvalue weighted by atomic mass is 32.1. The van der Waals surface area contributed by atoms with Gasteiger partial charge in [-0.3, -0.25) is 4.79 Å². The highest BCUT2D eigenvalue weighted by Crippen LogP contribution is 2.38. The number of anilines is 1. The third-order valence-corrected chi connectivity index (χ3v) is 6.37. The summed E-state index contributed by atoms with van der Waals surface area (Å²) in [5, 5.41) is 13.3. The number of para-hydroxylation sites is 1. The first-order valence-corrected chi connectivity index (χ1v) is 10.1. The van der Waals surface area contributed by atoms with Crippen LogP contribution in [0, 0.1) is 24.4 Å². The predicted octanol–water partition coefficient (Wildman–Crippen LogP) is 5.70. The van der Waals surface area contributed by atoms with Crippen LogP contribution in [0.4, 0.5) is 18.9 Å². The summed E-state index contributed by atoms with van der Waals surface area (Å²) >= 11 is 1.80. The predicted molar refractivity (Wildman–Crippen MR) is 109 cm³/mol. The number of carboxylic acids is 1. The van der Waals surface area contributed by atoms with Crippen LogP contribution in [0.15, 0.2) is 35.7 Å². The molecule has 10 heteroatoms. The van der Waals surface area contributed by atoms with E-state index in [1.165, 1.54) is 36.6 Å². The SMILES string of the molecule is Cc1ccc(-c2scc(NC(=O)c3nc4c(F)cccc4s3)c2C(=O)O)c(F)c1F. The summed E-state index contributed by atoms with van der Waals surface area (Å²) in [6.07, 6.45) is 0. The van der Waals surface area contributed by atoms with E-state index in [1.807, 2.05) is 0 Å². The van der Waals surface area contributed by atoms with Crippen molar-refractivity contribution in [2.75, 3.05) is 5.32 Å². The fourth-order valence-corrected chi connectivity index (χ4v) is 4.76. The van der Waals surface area contributed by atoms with Crippen LogP contribution >= 0.6 is 22.7 Å². The van der Waals surface area contributed by atoms with Gasteiger partial charge in [0.15, 0.2) is 16.6 Å². The Labute approximate surface area is 175 Å². The van der Waals surface area contributed by atoms with Gasteiger partial charge in [-0.05, 0) is 24.6 Å². The highest BCUT2D eigenvalue weighted by molar-refractivity contribution is 7.20. The number of carbonyl (C=O) groups excluding carboxylic acids is 1. The molecule has 30 heavy (non-hydrogen) atoms. The summed E-state index contributed by atoms with van der Waals surface area (Å²) < 4.78 is 42.6. The van der Waals surface area contributed by atoms with Crippen LogP contribution in [0.2, 0.25) is 0 Å². The smallest absolute Gasteiger partial charge is 0.339 e. The molecule has 4 rings (SSSR count). The molecule has 2 aromatic carbocycles. The van der Waals surface area contributed by atoms with E-state index in [0.717, 1.165) is 22.7 Å². The minimum absolute atomic E-state index is 0.0364. The molecule has 0 saturated carbocycles. The number of nitrogens with one attached hydrogen (secondary N) is 1. The number of hydrogen-bond donors (Lipinski definition) is 2. The minimum Gasteiger partial charge on any atom is -0.478 e. The molecule has 0 aliphatic heterocycles. The number of benzene rings is 2. The van der Waals surface area contributed by atoms with Crippen LogP contribution in [0.5, 0.6) is 0 Å². The number of amides is 1. The Hall–Kier alpha value is -3.24. The topological polar surface area (TPSA) is 79.3 Å². The van der Waals surface area contributed by atoms with Crippen LogP contribution in [0.1, 0.15) is 25.7 Å². The van der Waals surface area contributed by atoms with Crippen LogP contribution in [-0.2, 0) is 0 Å². The number of thiazole rings is 1. The molecular weight excluding hydrogens is 437 g/mol. The van der Waals surface area contributed by atoms with Gasteiger partial charge in [0.05, 0.1) is 15.3 Å². The second kappa shape index (κ2) is 7.54. The van der Waals surface area contributed by atoms with E-state index in [1.54, 1.807) is 6.07 Å². The molecule has 0 radical (unpaired) electrons. The molecule has 0 saturated heterocycles. The number of aryl methyl sites for hydroxylation is 1. The number of thiophene rings is 1. The van der Waals surface area contributed by atoms with Crippen molar-refractivity contribution in [3.63, 3.8) is 0 Å². The number of carbonyl (C=O) groups is 2. The summed E-state index contributed by atoms with van der Waals surface area (Å²) in [5.74, 6) is -4.97. The van der Waals surface area contributed by atoms with E-state index >= 15 is 0 Å². The zero-order valence-corrected chi connectivity index (χ0v) is 16.8. The highest BCUT2D eigenvalue weighted by Gasteiger charge is 2.25. The molecule has 2 N–H and O–H groups in total. The summed E-state index contributed by atoms with van der Waals surface area (Å²) in [7, 11) is 0. The van der Waals surface area contributed by atoms with Gasteiger partial charge in [-0.1, -0.05) is 18.2 Å². The minimum atomic E-state index is -1.42. The van der Waals surface area contributed by atoms with Gasteiger partial charge in [0.1, 0.15) is 16.9 Å². The van der Waals surface area contributed by atoms with Gasteiger partial charge in [0, 0.05) is 10.9 Å². The summed E-state index contributed by atoms with van der Waals surface area (Å²) in [5.41, 5.74) is -0.561. The molecular formula is C20H11F3N2O3S2. The van der Waals surface area contributed by atoms with Crippen LogP contribution in [0.3, 0.4) is 0 Å². The van der Waals surface area contributed by atoms with E-state index in [2.05, 4.69) is 10.3 Å². The van der Waals surface area contributed by atoms with E-state index in [9.17, 15) is 27.9 Å². The van der Waals surface area contributed by atoms with Crippen LogP contribution in [-0.4, -0.2) is 22.0 Å². The largest absolute Gasteiger partial charge is 0.478 e. The number of rotatable bonds is 4. The number of nitrogens with zero attached hydrogens (tertiary/aromatic N) is 1. The quantitative estimate of drug-likeness (QED) is 0.420. The lowest BCUT2D eigenvalue weighted by atomic mass is 10.1. The second-order valence-electron chi connectivity index (χ2n) is 6.28. The van der Waals surface area contributed by atoms with Gasteiger partial charge < -0.3 is 10.4 Å². The van der Waals surface area contributed by atoms with Gasteiger partial charge in [0.25, 0.3) is 5.91 Å². The van der Waals surface area contributed by atoms with Crippen molar-refractivity contribution in [2.24, 2.45) is 0 Å². The Morgan fingerprint density at radius 3 is 2.57 bits per heavy atom. The van der Waals surface area contributed by atoms with Crippen molar-refractivity contribution in [3.8, 4) is 10.4 Å². The molecule has 1 amide bonds. The Balaban J connectivity index is 1.73. The number of fused-ring (bicyclic) bond motifs is 1. The van der Waals surface area contributed by atoms with Gasteiger partial charge >= 0.3 is 5.97 Å². The lowest BCUT2D eigenvalue weighted by molar-refractivity contribution is 0.0699. The maximum Gasteiger partial charge on any atom is 0.339 e. The fraction of sp³-hybridized carbons (Fsp3) is 0.0500. The summed E-state index contributed by atoms with van der Waals surface area (Å²) in [6.45, 7) is 1.39. The standard InChI is InChI=1S/C20H11F3N2O3S2/c1-8-5-6-9(15(23)14(8)22)17-13(20(27)28)11(7-29-17)24-18(26)19-25-16-10(21)3-2-4-12(16)30-19/h2-7H,1H3,(H,24,26)(H,27,28). The van der Waals surface area contributed by atoms with Gasteiger partial charge in [-0.25, -0.2) is 22.9 Å². The molecule has 2 aromatic heterocycles. The first-order chi connectivity index (χ1) is 14.3. The molecule has 0 bridgehead atoms. The molecule has 0 aliphatic carbocycles. The van der Waals surface area contributed by atoms with Gasteiger partial charge in [0.2, 0.25) is 0 Å². The monoisotopic (exact) mass is 448 g/mol. The normalized spacial score (nSPS) is 11.1. The van der Waals surface area contributed by atoms with E-state index in [-0.39, 0.29) is 37.8 Å². The van der Waals surface area contributed by atoms with Crippen molar-refractivity contribution in [2.45, 2.75) is 6.92 Å². The molecule has 0 aliphatic rings. The van der Waals surface area contributed by atoms with Crippen molar-refractivity contribution < 1.29 is 27.9 Å². The van der Waals surface area contributed by atoms with Crippen molar-refractivity contribution in [1.82, 2.24) is 4.98 Å². The first-order valence-electron chi connectivity index (χ1n) is 8.44. The maximum absolute atomic E-state index is 14.4. The van der Waals surface area contributed by atoms with Crippen molar-refractivity contribution >= 4 is 50.5 Å². The van der Waals surface area contributed by atoms with Crippen LogP contribution < -0.4 is 5.32 Å². The molecule has 4 aromatic rings. The number of carboxylic acid groups (broad SMARTS) is 1. The van der Waals surface area contributed by atoms with Gasteiger partial charge in [-0.2, -0.15) is 0 Å². The summed E-state index contributed by atoms with van der Waals surface area (Å²) in [6, 6.07) is 6.93. The third-order valence-electron chi connectivity index (χ3n) is 4.34. The number of aromatic carboxylic acids is 1. The average Bonchev–Trinajstić information content (AvgIpc) is 3.31. The number of halogens is 3. The zero-order chi connectivity index (χ0) is 21.6. The zero-order valence-electron chi connectivity index (χ0n) is 15.1. The Morgan fingerprint density at radius 1 is 1.10 bits per heavy atom. The Bertz CT molecular complexity index is 1330. The lowest BCUT2D eigenvalue weighted by Crippen LogP contribution is -2.13. The molecule has 0 atom stereocenters. The van der Waals surface area contributed by atoms with E-state index < -0.39 is 29.3 Å². The lowest BCUT2D eigenvalue weighted by Gasteiger charge is -2.07. The second-order valence-corrected chi connectivity index (χ2v) is 8.19.